The lowest BCUT2D eigenvalue weighted by atomic mass is 10.1. The first-order valence-electron chi connectivity index (χ1n) is 7.38. The van der Waals surface area contributed by atoms with Crippen molar-refractivity contribution < 1.29 is 23.9 Å². The molecule has 2 rings (SSSR count). The first-order chi connectivity index (χ1) is 11.9. The molecule has 0 saturated carbocycles. The Morgan fingerprint density at radius 2 is 1.84 bits per heavy atom. The normalized spacial score (nSPS) is 12.6. The molecule has 0 aromatic heterocycles. The molecular formula is C16H16BrN3O5. The summed E-state index contributed by atoms with van der Waals surface area (Å²) in [5.74, 6) is -1.52. The number of benzene rings is 1. The SMILES string of the molecule is C=CCOC(=O)NCCNC(=O)CN1C(=O)c2ccc(Br)cc2C1=O. The van der Waals surface area contributed by atoms with Crippen LogP contribution in [-0.4, -0.2) is 55.0 Å². The molecule has 0 saturated heterocycles. The van der Waals surface area contributed by atoms with Crippen LogP contribution in [0.3, 0.4) is 0 Å². The molecule has 0 atom stereocenters. The van der Waals surface area contributed by atoms with Crippen LogP contribution in [0.2, 0.25) is 0 Å². The smallest absolute Gasteiger partial charge is 0.407 e. The molecular weight excluding hydrogens is 394 g/mol. The van der Waals surface area contributed by atoms with Gasteiger partial charge in [-0.05, 0) is 18.2 Å². The monoisotopic (exact) mass is 409 g/mol. The summed E-state index contributed by atoms with van der Waals surface area (Å²) in [7, 11) is 0. The van der Waals surface area contributed by atoms with Crippen LogP contribution in [-0.2, 0) is 9.53 Å². The van der Waals surface area contributed by atoms with Crippen LogP contribution in [0.1, 0.15) is 20.7 Å². The van der Waals surface area contributed by atoms with Gasteiger partial charge in [-0.2, -0.15) is 0 Å². The van der Waals surface area contributed by atoms with Crippen molar-refractivity contribution in [1.82, 2.24) is 15.5 Å². The fourth-order valence-electron chi connectivity index (χ4n) is 2.16. The zero-order valence-corrected chi connectivity index (χ0v) is 14.8. The van der Waals surface area contributed by atoms with Crippen LogP contribution in [0.4, 0.5) is 4.79 Å². The number of nitrogens with one attached hydrogen (secondary N) is 2. The maximum Gasteiger partial charge on any atom is 0.407 e. The number of alkyl carbamates (subject to hydrolysis) is 1. The van der Waals surface area contributed by atoms with E-state index in [1.165, 1.54) is 12.1 Å². The van der Waals surface area contributed by atoms with Gasteiger partial charge in [0.05, 0.1) is 11.1 Å². The van der Waals surface area contributed by atoms with Crippen molar-refractivity contribution in [2.75, 3.05) is 26.2 Å². The minimum Gasteiger partial charge on any atom is -0.445 e. The number of rotatable bonds is 7. The van der Waals surface area contributed by atoms with Gasteiger partial charge in [0, 0.05) is 17.6 Å². The highest BCUT2D eigenvalue weighted by atomic mass is 79.9. The van der Waals surface area contributed by atoms with Crippen molar-refractivity contribution in [1.29, 1.82) is 0 Å². The molecule has 0 aliphatic carbocycles. The number of nitrogens with zero attached hydrogens (tertiary/aromatic N) is 1. The van der Waals surface area contributed by atoms with E-state index in [0.29, 0.717) is 4.47 Å². The largest absolute Gasteiger partial charge is 0.445 e. The summed E-state index contributed by atoms with van der Waals surface area (Å²) in [5, 5.41) is 4.94. The molecule has 0 spiro atoms. The molecule has 0 fully saturated rings. The number of hydrogen-bond acceptors (Lipinski definition) is 5. The maximum absolute atomic E-state index is 12.2. The van der Waals surface area contributed by atoms with E-state index in [1.54, 1.807) is 12.1 Å². The van der Waals surface area contributed by atoms with Crippen molar-refractivity contribution in [3.63, 3.8) is 0 Å². The van der Waals surface area contributed by atoms with Crippen molar-refractivity contribution in [2.45, 2.75) is 0 Å². The predicted molar refractivity (Wildman–Crippen MR) is 92.1 cm³/mol. The Kier molecular flexibility index (Phi) is 6.29. The van der Waals surface area contributed by atoms with Gasteiger partial charge in [-0.25, -0.2) is 4.79 Å². The standard InChI is InChI=1S/C16H16BrN3O5/c1-2-7-25-16(24)19-6-5-18-13(21)9-20-14(22)11-4-3-10(17)8-12(11)15(20)23/h2-4,8H,1,5-7,9H2,(H,18,21)(H,19,24). The summed E-state index contributed by atoms with van der Waals surface area (Å²) in [4.78, 5) is 48.4. The van der Waals surface area contributed by atoms with Gasteiger partial charge in [0.15, 0.2) is 0 Å². The fraction of sp³-hybridized carbons (Fsp3) is 0.250. The molecule has 0 radical (unpaired) electrons. The van der Waals surface area contributed by atoms with Gasteiger partial charge in [-0.15, -0.1) is 0 Å². The van der Waals surface area contributed by atoms with Gasteiger partial charge in [0.1, 0.15) is 13.2 Å². The third-order valence-electron chi connectivity index (χ3n) is 3.28. The van der Waals surface area contributed by atoms with Crippen molar-refractivity contribution in [3.8, 4) is 0 Å². The molecule has 9 heteroatoms. The summed E-state index contributed by atoms with van der Waals surface area (Å²) in [6, 6.07) is 4.74. The molecule has 2 N–H and O–H groups in total. The number of halogens is 1. The summed E-state index contributed by atoms with van der Waals surface area (Å²) in [6.07, 6.45) is 0.808. The van der Waals surface area contributed by atoms with E-state index in [4.69, 9.17) is 4.74 Å². The van der Waals surface area contributed by atoms with Gasteiger partial charge in [-0.1, -0.05) is 28.6 Å². The Hall–Kier alpha value is -2.68. The Labute approximate surface area is 152 Å². The second-order valence-electron chi connectivity index (χ2n) is 5.05. The maximum atomic E-state index is 12.2. The first kappa shape index (κ1) is 18.7. The van der Waals surface area contributed by atoms with E-state index >= 15 is 0 Å². The van der Waals surface area contributed by atoms with E-state index in [-0.39, 0.29) is 37.4 Å². The Bertz CT molecular complexity index is 734. The highest BCUT2D eigenvalue weighted by Gasteiger charge is 2.36. The molecule has 0 bridgehead atoms. The highest BCUT2D eigenvalue weighted by Crippen LogP contribution is 2.25. The first-order valence-corrected chi connectivity index (χ1v) is 8.17. The van der Waals surface area contributed by atoms with Crippen molar-refractivity contribution >= 4 is 39.7 Å². The van der Waals surface area contributed by atoms with Crippen molar-refractivity contribution in [2.24, 2.45) is 0 Å². The Morgan fingerprint density at radius 1 is 1.16 bits per heavy atom. The van der Waals surface area contributed by atoms with E-state index in [1.807, 2.05) is 0 Å². The second kappa shape index (κ2) is 8.43. The zero-order chi connectivity index (χ0) is 18.4. The fourth-order valence-corrected chi connectivity index (χ4v) is 2.52. The molecule has 25 heavy (non-hydrogen) atoms. The summed E-state index contributed by atoms with van der Waals surface area (Å²) < 4.78 is 5.37. The topological polar surface area (TPSA) is 105 Å². The van der Waals surface area contributed by atoms with Crippen molar-refractivity contribution in [3.05, 3.63) is 46.5 Å². The number of carbonyl (C=O) groups is 4. The Morgan fingerprint density at radius 3 is 2.56 bits per heavy atom. The quantitative estimate of drug-likeness (QED) is 0.398. The molecule has 0 unspecified atom stereocenters. The average Bonchev–Trinajstić information content (AvgIpc) is 2.81. The van der Waals surface area contributed by atoms with E-state index in [2.05, 4.69) is 33.1 Å². The minimum atomic E-state index is -0.625. The van der Waals surface area contributed by atoms with Gasteiger partial charge in [0.2, 0.25) is 5.91 Å². The molecule has 1 aromatic rings. The lowest BCUT2D eigenvalue weighted by molar-refractivity contribution is -0.121. The van der Waals surface area contributed by atoms with Crippen LogP contribution in [0.25, 0.3) is 0 Å². The summed E-state index contributed by atoms with van der Waals surface area (Å²) >= 11 is 3.24. The van der Waals surface area contributed by atoms with Crippen LogP contribution in [0, 0.1) is 0 Å². The van der Waals surface area contributed by atoms with Crippen LogP contribution >= 0.6 is 15.9 Å². The van der Waals surface area contributed by atoms with Gasteiger partial charge in [-0.3, -0.25) is 19.3 Å². The number of hydrogen-bond donors (Lipinski definition) is 2. The molecule has 1 aliphatic rings. The molecule has 132 valence electrons. The third-order valence-corrected chi connectivity index (χ3v) is 3.78. The Balaban J connectivity index is 1.80. The molecule has 1 heterocycles. The summed E-state index contributed by atoms with van der Waals surface area (Å²) in [6.45, 7) is 3.40. The lowest BCUT2D eigenvalue weighted by Gasteiger charge is -2.13. The molecule has 1 aliphatic heterocycles. The van der Waals surface area contributed by atoms with E-state index < -0.39 is 23.8 Å². The van der Waals surface area contributed by atoms with E-state index in [9.17, 15) is 19.2 Å². The van der Waals surface area contributed by atoms with Crippen LogP contribution < -0.4 is 10.6 Å². The number of imide groups is 1. The number of fused-ring (bicyclic) bond motifs is 1. The minimum absolute atomic E-state index is 0.0913. The zero-order valence-electron chi connectivity index (χ0n) is 13.2. The van der Waals surface area contributed by atoms with Gasteiger partial charge in [0.25, 0.3) is 11.8 Å². The van der Waals surface area contributed by atoms with E-state index in [0.717, 1.165) is 4.90 Å². The van der Waals surface area contributed by atoms with Gasteiger partial charge >= 0.3 is 6.09 Å². The summed E-state index contributed by atoms with van der Waals surface area (Å²) in [5.41, 5.74) is 0.534. The highest BCUT2D eigenvalue weighted by molar-refractivity contribution is 9.10. The molecule has 4 amide bonds. The van der Waals surface area contributed by atoms with Gasteiger partial charge < -0.3 is 15.4 Å². The average molecular weight is 410 g/mol. The van der Waals surface area contributed by atoms with Crippen LogP contribution in [0.5, 0.6) is 0 Å². The third kappa shape index (κ3) is 4.66. The number of ether oxygens (including phenoxy) is 1. The predicted octanol–water partition coefficient (Wildman–Crippen LogP) is 1.07. The van der Waals surface area contributed by atoms with Crippen LogP contribution in [0.15, 0.2) is 35.3 Å². The lowest BCUT2D eigenvalue weighted by Crippen LogP contribution is -2.42. The number of carbonyl (C=O) groups excluding carboxylic acids is 4. The molecule has 8 nitrogen and oxygen atoms in total. The second-order valence-corrected chi connectivity index (χ2v) is 5.97. The molecule has 1 aromatic carbocycles. The number of amides is 4.